The van der Waals surface area contributed by atoms with Crippen LogP contribution in [0, 0.1) is 6.92 Å². The van der Waals surface area contributed by atoms with E-state index in [1.54, 1.807) is 11.8 Å². The van der Waals surface area contributed by atoms with E-state index in [9.17, 15) is 0 Å². The van der Waals surface area contributed by atoms with Crippen LogP contribution in [-0.4, -0.2) is 6.26 Å². The molecular weight excluding hydrogens is 142 g/mol. The maximum absolute atomic E-state index is 5.71. The molecule has 0 saturated carbocycles. The van der Waals surface area contributed by atoms with Crippen LogP contribution in [0.4, 0.5) is 5.69 Å². The first-order chi connectivity index (χ1) is 4.74. The third-order valence-corrected chi connectivity index (χ3v) is 2.20. The Bertz CT molecular complexity index is 233. The van der Waals surface area contributed by atoms with Gasteiger partial charge in [-0.3, -0.25) is 0 Å². The van der Waals surface area contributed by atoms with Gasteiger partial charge in [0, 0.05) is 10.6 Å². The predicted octanol–water partition coefficient (Wildman–Crippen LogP) is 2.30. The first kappa shape index (κ1) is 7.48. The predicted molar refractivity (Wildman–Crippen MR) is 47.4 cm³/mol. The summed E-state index contributed by atoms with van der Waals surface area (Å²) in [6, 6.07) is 6.11. The van der Waals surface area contributed by atoms with E-state index in [2.05, 4.69) is 12.1 Å². The maximum atomic E-state index is 5.71. The lowest BCUT2D eigenvalue weighted by Gasteiger charge is -2.01. The van der Waals surface area contributed by atoms with E-state index in [0.717, 1.165) is 10.6 Å². The second-order valence-electron chi connectivity index (χ2n) is 2.25. The summed E-state index contributed by atoms with van der Waals surface area (Å²) in [7, 11) is 0. The van der Waals surface area contributed by atoms with Crippen molar-refractivity contribution in [3.63, 3.8) is 0 Å². The van der Waals surface area contributed by atoms with E-state index in [-0.39, 0.29) is 0 Å². The summed E-state index contributed by atoms with van der Waals surface area (Å²) < 4.78 is 0. The molecule has 0 heterocycles. The molecular formula is C8H11NS. The van der Waals surface area contributed by atoms with Crippen LogP contribution in [0.5, 0.6) is 0 Å². The molecule has 0 unspecified atom stereocenters. The van der Waals surface area contributed by atoms with Gasteiger partial charge in [0.2, 0.25) is 0 Å². The van der Waals surface area contributed by atoms with Crippen LogP contribution in [0.1, 0.15) is 5.56 Å². The highest BCUT2D eigenvalue weighted by atomic mass is 32.2. The van der Waals surface area contributed by atoms with Crippen molar-refractivity contribution in [2.45, 2.75) is 11.8 Å². The van der Waals surface area contributed by atoms with Crippen LogP contribution in [0.15, 0.2) is 23.1 Å². The number of nitrogens with two attached hydrogens (primary N) is 1. The van der Waals surface area contributed by atoms with Crippen LogP contribution in [-0.2, 0) is 0 Å². The van der Waals surface area contributed by atoms with Gasteiger partial charge in [0.1, 0.15) is 0 Å². The summed E-state index contributed by atoms with van der Waals surface area (Å²) in [4.78, 5) is 1.16. The van der Waals surface area contributed by atoms with Crippen molar-refractivity contribution in [3.05, 3.63) is 23.8 Å². The molecule has 0 amide bonds. The largest absolute Gasteiger partial charge is 0.398 e. The highest BCUT2D eigenvalue weighted by Gasteiger charge is 1.94. The topological polar surface area (TPSA) is 26.0 Å². The number of benzene rings is 1. The number of hydrogen-bond acceptors (Lipinski definition) is 2. The van der Waals surface area contributed by atoms with Gasteiger partial charge in [-0.25, -0.2) is 0 Å². The monoisotopic (exact) mass is 153 g/mol. The summed E-state index contributed by atoms with van der Waals surface area (Å²) in [6.45, 7) is 2.04. The van der Waals surface area contributed by atoms with Crippen LogP contribution >= 0.6 is 11.8 Å². The molecule has 1 aromatic rings. The van der Waals surface area contributed by atoms with E-state index >= 15 is 0 Å². The molecule has 0 spiro atoms. The number of rotatable bonds is 1. The highest BCUT2D eigenvalue weighted by Crippen LogP contribution is 2.22. The lowest BCUT2D eigenvalue weighted by atomic mass is 10.2. The Hall–Kier alpha value is -0.630. The van der Waals surface area contributed by atoms with Crippen molar-refractivity contribution < 1.29 is 0 Å². The van der Waals surface area contributed by atoms with Crippen molar-refractivity contribution in [1.82, 2.24) is 0 Å². The van der Waals surface area contributed by atoms with Crippen molar-refractivity contribution in [1.29, 1.82) is 0 Å². The second-order valence-corrected chi connectivity index (χ2v) is 3.09. The van der Waals surface area contributed by atoms with Crippen LogP contribution in [0.3, 0.4) is 0 Å². The fourth-order valence-corrected chi connectivity index (χ4v) is 1.35. The molecule has 1 rings (SSSR count). The fourth-order valence-electron chi connectivity index (χ4n) is 0.854. The zero-order valence-electron chi connectivity index (χ0n) is 6.22. The maximum Gasteiger partial charge on any atom is 0.0454 e. The van der Waals surface area contributed by atoms with Gasteiger partial charge in [-0.15, -0.1) is 11.8 Å². The molecule has 0 atom stereocenters. The summed E-state index contributed by atoms with van der Waals surface area (Å²) >= 11 is 1.68. The Balaban J connectivity index is 3.07. The van der Waals surface area contributed by atoms with E-state index in [1.165, 1.54) is 5.56 Å². The van der Waals surface area contributed by atoms with Crippen LogP contribution in [0.25, 0.3) is 0 Å². The first-order valence-electron chi connectivity index (χ1n) is 3.14. The number of hydrogen-bond donors (Lipinski definition) is 1. The SMILES string of the molecule is CSc1ccc(C)cc1N. The standard InChI is InChI=1S/C8H11NS/c1-6-3-4-8(10-2)7(9)5-6/h3-5H,9H2,1-2H3. The summed E-state index contributed by atoms with van der Waals surface area (Å²) in [5.74, 6) is 0. The smallest absolute Gasteiger partial charge is 0.0454 e. The number of aryl methyl sites for hydroxylation is 1. The lowest BCUT2D eigenvalue weighted by Crippen LogP contribution is -1.87. The zero-order chi connectivity index (χ0) is 7.56. The molecule has 0 aliphatic rings. The van der Waals surface area contributed by atoms with Gasteiger partial charge >= 0.3 is 0 Å². The average Bonchev–Trinajstić information content (AvgIpc) is 1.88. The first-order valence-corrected chi connectivity index (χ1v) is 4.36. The number of anilines is 1. The summed E-state index contributed by atoms with van der Waals surface area (Å²) in [6.07, 6.45) is 2.03. The Morgan fingerprint density at radius 3 is 2.60 bits per heavy atom. The van der Waals surface area contributed by atoms with Crippen LogP contribution in [0.2, 0.25) is 0 Å². The molecule has 0 bridgehead atoms. The Morgan fingerprint density at radius 2 is 2.10 bits per heavy atom. The minimum absolute atomic E-state index is 0.882. The van der Waals surface area contributed by atoms with Gasteiger partial charge in [-0.1, -0.05) is 6.07 Å². The third-order valence-electron chi connectivity index (χ3n) is 1.39. The van der Waals surface area contributed by atoms with Gasteiger partial charge < -0.3 is 5.73 Å². The molecule has 2 heteroatoms. The molecule has 0 saturated heterocycles. The molecule has 54 valence electrons. The summed E-state index contributed by atoms with van der Waals surface area (Å²) in [5.41, 5.74) is 7.81. The van der Waals surface area contributed by atoms with Gasteiger partial charge in [-0.2, -0.15) is 0 Å². The van der Waals surface area contributed by atoms with Crippen molar-refractivity contribution >= 4 is 17.4 Å². The van der Waals surface area contributed by atoms with Gasteiger partial charge in [0.25, 0.3) is 0 Å². The molecule has 0 aromatic heterocycles. The van der Waals surface area contributed by atoms with Gasteiger partial charge in [0.15, 0.2) is 0 Å². The molecule has 0 radical (unpaired) electrons. The minimum atomic E-state index is 0.882. The second kappa shape index (κ2) is 2.97. The highest BCUT2D eigenvalue weighted by molar-refractivity contribution is 7.98. The van der Waals surface area contributed by atoms with E-state index in [1.807, 2.05) is 19.2 Å². The van der Waals surface area contributed by atoms with Crippen molar-refractivity contribution in [2.24, 2.45) is 0 Å². The molecule has 0 aliphatic heterocycles. The normalized spacial score (nSPS) is 9.80. The van der Waals surface area contributed by atoms with Gasteiger partial charge in [-0.05, 0) is 30.9 Å². The third kappa shape index (κ3) is 1.45. The van der Waals surface area contributed by atoms with Gasteiger partial charge in [0.05, 0.1) is 0 Å². The minimum Gasteiger partial charge on any atom is -0.398 e. The molecule has 0 fully saturated rings. The average molecular weight is 153 g/mol. The van der Waals surface area contributed by atoms with Crippen LogP contribution < -0.4 is 5.73 Å². The molecule has 10 heavy (non-hydrogen) atoms. The van der Waals surface area contributed by atoms with E-state index in [0.29, 0.717) is 0 Å². The molecule has 1 nitrogen and oxygen atoms in total. The Labute approximate surface area is 65.6 Å². The van der Waals surface area contributed by atoms with Crippen molar-refractivity contribution in [3.8, 4) is 0 Å². The molecule has 1 aromatic carbocycles. The lowest BCUT2D eigenvalue weighted by molar-refractivity contribution is 1.38. The Kier molecular flexibility index (Phi) is 2.22. The van der Waals surface area contributed by atoms with Crippen molar-refractivity contribution in [2.75, 3.05) is 12.0 Å². The molecule has 0 aliphatic carbocycles. The van der Waals surface area contributed by atoms with E-state index in [4.69, 9.17) is 5.73 Å². The zero-order valence-corrected chi connectivity index (χ0v) is 7.03. The quantitative estimate of drug-likeness (QED) is 0.495. The number of thioether (sulfide) groups is 1. The number of nitrogen functional groups attached to an aromatic ring is 1. The Morgan fingerprint density at radius 1 is 1.40 bits per heavy atom. The fraction of sp³-hybridized carbons (Fsp3) is 0.250. The summed E-state index contributed by atoms with van der Waals surface area (Å²) in [5, 5.41) is 0. The van der Waals surface area contributed by atoms with E-state index < -0.39 is 0 Å². The molecule has 2 N–H and O–H groups in total.